The summed E-state index contributed by atoms with van der Waals surface area (Å²) in [4.78, 5) is 11.2. The van der Waals surface area contributed by atoms with Crippen molar-refractivity contribution in [3.8, 4) is 40.3 Å². The van der Waals surface area contributed by atoms with Gasteiger partial charge in [0.2, 0.25) is 5.88 Å². The Hall–Kier alpha value is -3.64. The smallest absolute Gasteiger partial charge is 0.224 e. The number of hydrogen-bond acceptors (Lipinski definition) is 8. The third kappa shape index (κ3) is 6.13. The van der Waals surface area contributed by atoms with Gasteiger partial charge in [0.05, 0.1) is 19.3 Å². The maximum Gasteiger partial charge on any atom is 0.224 e. The molecule has 0 saturated carbocycles. The Morgan fingerprint density at radius 3 is 2.67 bits per heavy atom. The fourth-order valence-corrected chi connectivity index (χ4v) is 3.98. The van der Waals surface area contributed by atoms with Gasteiger partial charge >= 0.3 is 0 Å². The Morgan fingerprint density at radius 1 is 1.14 bits per heavy atom. The van der Waals surface area contributed by atoms with Crippen molar-refractivity contribution in [2.75, 3.05) is 37.7 Å². The Morgan fingerprint density at radius 2 is 1.94 bits per heavy atom. The van der Waals surface area contributed by atoms with Crippen LogP contribution in [0.25, 0.3) is 11.1 Å². The van der Waals surface area contributed by atoms with Crippen LogP contribution in [0.5, 0.6) is 17.4 Å². The number of aryl methyl sites for hydroxylation is 1. The van der Waals surface area contributed by atoms with Crippen LogP contribution in [-0.2, 0) is 4.74 Å². The summed E-state index contributed by atoms with van der Waals surface area (Å²) in [7, 11) is 0. The van der Waals surface area contributed by atoms with Crippen LogP contribution in [0.1, 0.15) is 42.8 Å². The van der Waals surface area contributed by atoms with Gasteiger partial charge in [0, 0.05) is 48.8 Å². The second kappa shape index (κ2) is 11.9. The van der Waals surface area contributed by atoms with Crippen LogP contribution >= 0.6 is 0 Å². The van der Waals surface area contributed by atoms with E-state index < -0.39 is 6.10 Å². The van der Waals surface area contributed by atoms with Gasteiger partial charge in [-0.05, 0) is 43.2 Å². The number of aromatic nitrogens is 2. The van der Waals surface area contributed by atoms with Gasteiger partial charge in [0.15, 0.2) is 0 Å². The van der Waals surface area contributed by atoms with Crippen molar-refractivity contribution in [2.45, 2.75) is 32.8 Å². The largest absolute Gasteiger partial charge is 0.508 e. The molecule has 36 heavy (non-hydrogen) atoms. The van der Waals surface area contributed by atoms with Crippen molar-refractivity contribution in [3.05, 3.63) is 59.4 Å². The predicted octanol–water partition coefficient (Wildman–Crippen LogP) is 3.93. The summed E-state index contributed by atoms with van der Waals surface area (Å²) >= 11 is 0. The monoisotopic (exact) mass is 488 g/mol. The molecule has 1 aliphatic rings. The summed E-state index contributed by atoms with van der Waals surface area (Å²) in [5, 5.41) is 20.6. The molecule has 0 aliphatic carbocycles. The molecule has 188 valence electrons. The molecule has 3 aromatic rings. The molecule has 1 aliphatic heterocycles. The summed E-state index contributed by atoms with van der Waals surface area (Å²) in [5.74, 6) is 8.69. The first kappa shape index (κ1) is 25.5. The summed E-state index contributed by atoms with van der Waals surface area (Å²) in [5.41, 5.74) is 8.24. The number of unbranched alkanes of at least 4 members (excludes halogenated alkanes) is 1. The lowest BCUT2D eigenvalue weighted by Crippen LogP contribution is -2.36. The molecule has 1 aromatic heterocycles. The highest BCUT2D eigenvalue weighted by Gasteiger charge is 2.17. The number of benzene rings is 2. The zero-order valence-electron chi connectivity index (χ0n) is 20.7. The quantitative estimate of drug-likeness (QED) is 0.429. The first-order valence-corrected chi connectivity index (χ1v) is 12.2. The van der Waals surface area contributed by atoms with Gasteiger partial charge in [-0.25, -0.2) is 4.98 Å². The molecular weight excluding hydrogens is 456 g/mol. The molecule has 2 heterocycles. The standard InChI is InChI=1S/C28H32N4O4/c1-3-4-5-6-20-7-9-22(21-8-10-23(24(33)16-21)25(34)18-29)26(15-20)36-28-17-27(30-19(2)31-28)32-11-13-35-14-12-32/h7-10,15-17,25,33-34H,3-4,11-14,18,29H2,1-2H3. The number of hydrogen-bond donors (Lipinski definition) is 3. The fourth-order valence-electron chi connectivity index (χ4n) is 3.98. The Balaban J connectivity index is 1.73. The number of phenols is 1. The molecule has 4 N–H and O–H groups in total. The highest BCUT2D eigenvalue weighted by molar-refractivity contribution is 5.74. The lowest BCUT2D eigenvalue weighted by Gasteiger charge is -2.28. The van der Waals surface area contributed by atoms with Gasteiger partial charge in [0.1, 0.15) is 23.1 Å². The molecule has 1 fully saturated rings. The number of aliphatic hydroxyl groups excluding tert-OH is 1. The average molecular weight is 489 g/mol. The van der Waals surface area contributed by atoms with Crippen LogP contribution in [0, 0.1) is 18.8 Å². The molecule has 8 nitrogen and oxygen atoms in total. The molecule has 1 unspecified atom stereocenters. The SMILES string of the molecule is CCCC#Cc1ccc(-c2ccc(C(O)CN)c(O)c2)c(Oc2cc(N3CCOCC3)nc(C)n2)c1. The summed E-state index contributed by atoms with van der Waals surface area (Å²) < 4.78 is 11.8. The molecule has 2 aromatic carbocycles. The third-order valence-corrected chi connectivity index (χ3v) is 5.86. The highest BCUT2D eigenvalue weighted by atomic mass is 16.5. The minimum absolute atomic E-state index is 0.0188. The van der Waals surface area contributed by atoms with Crippen molar-refractivity contribution >= 4 is 5.82 Å². The molecule has 1 atom stereocenters. The molecule has 0 radical (unpaired) electrons. The van der Waals surface area contributed by atoms with E-state index in [2.05, 4.69) is 33.6 Å². The van der Waals surface area contributed by atoms with Crippen molar-refractivity contribution in [1.82, 2.24) is 9.97 Å². The Labute approximate surface area is 211 Å². The first-order valence-electron chi connectivity index (χ1n) is 12.2. The number of nitrogens with zero attached hydrogens (tertiary/aromatic N) is 3. The highest BCUT2D eigenvalue weighted by Crippen LogP contribution is 2.37. The molecule has 8 heteroatoms. The fraction of sp³-hybridized carbons (Fsp3) is 0.357. The maximum absolute atomic E-state index is 10.5. The number of aromatic hydroxyl groups is 1. The Bertz CT molecular complexity index is 1260. The zero-order chi connectivity index (χ0) is 25.5. The van der Waals surface area contributed by atoms with Gasteiger partial charge in [-0.1, -0.05) is 30.9 Å². The number of aliphatic hydroxyl groups is 1. The maximum atomic E-state index is 10.5. The third-order valence-electron chi connectivity index (χ3n) is 5.86. The molecule has 1 saturated heterocycles. The lowest BCUT2D eigenvalue weighted by atomic mass is 9.99. The molecule has 0 bridgehead atoms. The predicted molar refractivity (Wildman–Crippen MR) is 139 cm³/mol. The molecule has 4 rings (SSSR count). The molecular formula is C28H32N4O4. The van der Waals surface area contributed by atoms with Gasteiger partial charge in [-0.15, -0.1) is 0 Å². The minimum atomic E-state index is -0.936. The average Bonchev–Trinajstić information content (AvgIpc) is 2.89. The zero-order valence-corrected chi connectivity index (χ0v) is 20.7. The number of phenolic OH excluding ortho intramolecular Hbond substituents is 1. The van der Waals surface area contributed by atoms with Crippen LogP contribution in [-0.4, -0.2) is 53.0 Å². The van der Waals surface area contributed by atoms with Crippen LogP contribution in [0.2, 0.25) is 0 Å². The summed E-state index contributed by atoms with van der Waals surface area (Å²) in [6.45, 7) is 6.76. The molecule has 0 spiro atoms. The molecule has 0 amide bonds. The first-order chi connectivity index (χ1) is 17.5. The van der Waals surface area contributed by atoms with Gasteiger partial charge in [0.25, 0.3) is 0 Å². The minimum Gasteiger partial charge on any atom is -0.508 e. The van der Waals surface area contributed by atoms with Gasteiger partial charge < -0.3 is 30.3 Å². The topological polar surface area (TPSA) is 114 Å². The van der Waals surface area contributed by atoms with E-state index in [4.69, 9.17) is 15.2 Å². The van der Waals surface area contributed by atoms with E-state index in [0.717, 1.165) is 48.4 Å². The lowest BCUT2D eigenvalue weighted by molar-refractivity contribution is 0.122. The number of morpholine rings is 1. The summed E-state index contributed by atoms with van der Waals surface area (Å²) in [6, 6.07) is 12.6. The van der Waals surface area contributed by atoms with E-state index in [1.54, 1.807) is 12.1 Å². The van der Waals surface area contributed by atoms with E-state index >= 15 is 0 Å². The van der Waals surface area contributed by atoms with Crippen LogP contribution < -0.4 is 15.4 Å². The van der Waals surface area contributed by atoms with E-state index in [-0.39, 0.29) is 12.3 Å². The van der Waals surface area contributed by atoms with E-state index in [1.807, 2.05) is 37.3 Å². The second-order valence-electron chi connectivity index (χ2n) is 8.60. The van der Waals surface area contributed by atoms with E-state index in [0.29, 0.717) is 36.2 Å². The van der Waals surface area contributed by atoms with E-state index in [1.165, 1.54) is 0 Å². The summed E-state index contributed by atoms with van der Waals surface area (Å²) in [6.07, 6.45) is 0.859. The van der Waals surface area contributed by atoms with Gasteiger partial charge in [-0.3, -0.25) is 0 Å². The van der Waals surface area contributed by atoms with Crippen molar-refractivity contribution in [2.24, 2.45) is 5.73 Å². The Kier molecular flexibility index (Phi) is 8.39. The number of rotatable bonds is 7. The van der Waals surface area contributed by atoms with E-state index in [9.17, 15) is 10.2 Å². The number of nitrogens with two attached hydrogens (primary N) is 1. The van der Waals surface area contributed by atoms with Crippen LogP contribution in [0.4, 0.5) is 5.82 Å². The van der Waals surface area contributed by atoms with Crippen molar-refractivity contribution in [1.29, 1.82) is 0 Å². The second-order valence-corrected chi connectivity index (χ2v) is 8.60. The number of ether oxygens (including phenoxy) is 2. The number of anilines is 1. The van der Waals surface area contributed by atoms with Crippen molar-refractivity contribution in [3.63, 3.8) is 0 Å². The van der Waals surface area contributed by atoms with Gasteiger partial charge in [-0.2, -0.15) is 4.98 Å². The van der Waals surface area contributed by atoms with Crippen LogP contribution in [0.15, 0.2) is 42.5 Å². The van der Waals surface area contributed by atoms with Crippen LogP contribution in [0.3, 0.4) is 0 Å². The normalized spacial score (nSPS) is 14.2. The van der Waals surface area contributed by atoms with Crippen molar-refractivity contribution < 1.29 is 19.7 Å².